The fourth-order valence-electron chi connectivity index (χ4n) is 1.81. The molecule has 9 heteroatoms. The summed E-state index contributed by atoms with van der Waals surface area (Å²) in [5.74, 6) is -0.536. The molecular formula is C14H13N5O3S. The highest BCUT2D eigenvalue weighted by Crippen LogP contribution is 2.25. The van der Waals surface area contributed by atoms with Gasteiger partial charge >= 0.3 is 0 Å². The van der Waals surface area contributed by atoms with E-state index in [1.54, 1.807) is 24.3 Å². The monoisotopic (exact) mass is 331 g/mol. The van der Waals surface area contributed by atoms with Crippen LogP contribution < -0.4 is 21.9 Å². The highest BCUT2D eigenvalue weighted by Gasteiger charge is 2.16. The first-order valence-electron chi connectivity index (χ1n) is 6.43. The Morgan fingerprint density at radius 3 is 2.43 bits per heavy atom. The SMILES string of the molecule is NC(=S)NNC(=O)c1ccc([N+](=O)[O-])cc1Nc1ccccc1. The number of non-ortho nitro benzene ring substituents is 1. The molecule has 0 bridgehead atoms. The summed E-state index contributed by atoms with van der Waals surface area (Å²) in [7, 11) is 0. The number of nitro benzene ring substituents is 1. The van der Waals surface area contributed by atoms with E-state index in [9.17, 15) is 14.9 Å². The van der Waals surface area contributed by atoms with Crippen LogP contribution in [0.2, 0.25) is 0 Å². The summed E-state index contributed by atoms with van der Waals surface area (Å²) in [6.45, 7) is 0. The minimum absolute atomic E-state index is 0.0992. The molecule has 0 aliphatic carbocycles. The molecule has 23 heavy (non-hydrogen) atoms. The molecule has 5 N–H and O–H groups in total. The molecule has 2 aromatic carbocycles. The molecule has 2 rings (SSSR count). The zero-order valence-corrected chi connectivity index (χ0v) is 12.6. The molecule has 8 nitrogen and oxygen atoms in total. The van der Waals surface area contributed by atoms with Crippen molar-refractivity contribution in [3.8, 4) is 0 Å². The summed E-state index contributed by atoms with van der Waals surface area (Å²) in [5, 5.41) is 13.8. The first kappa shape index (κ1) is 16.2. The zero-order chi connectivity index (χ0) is 16.8. The number of anilines is 2. The van der Waals surface area contributed by atoms with Crippen LogP contribution in [-0.2, 0) is 0 Å². The van der Waals surface area contributed by atoms with Crippen LogP contribution in [0.4, 0.5) is 17.1 Å². The quantitative estimate of drug-likeness (QED) is 0.383. The van der Waals surface area contributed by atoms with Gasteiger partial charge in [-0.1, -0.05) is 18.2 Å². The zero-order valence-electron chi connectivity index (χ0n) is 11.8. The lowest BCUT2D eigenvalue weighted by Crippen LogP contribution is -2.44. The lowest BCUT2D eigenvalue weighted by atomic mass is 10.1. The average Bonchev–Trinajstić information content (AvgIpc) is 2.53. The normalized spacial score (nSPS) is 9.74. The van der Waals surface area contributed by atoms with Gasteiger partial charge in [0.05, 0.1) is 16.2 Å². The number of para-hydroxylation sites is 1. The Morgan fingerprint density at radius 2 is 1.83 bits per heavy atom. The number of nitrogens with two attached hydrogens (primary N) is 1. The van der Waals surface area contributed by atoms with E-state index in [1.807, 2.05) is 6.07 Å². The van der Waals surface area contributed by atoms with Gasteiger partial charge in [-0.25, -0.2) is 0 Å². The second-order valence-electron chi connectivity index (χ2n) is 4.42. The summed E-state index contributed by atoms with van der Waals surface area (Å²) in [4.78, 5) is 22.5. The van der Waals surface area contributed by atoms with Gasteiger partial charge in [0.2, 0.25) is 0 Å². The minimum atomic E-state index is -0.537. The Balaban J connectivity index is 2.34. The van der Waals surface area contributed by atoms with Gasteiger partial charge in [-0.15, -0.1) is 0 Å². The molecule has 2 aromatic rings. The number of carbonyl (C=O) groups excluding carboxylic acids is 1. The van der Waals surface area contributed by atoms with E-state index in [0.717, 1.165) is 0 Å². The molecule has 0 unspecified atom stereocenters. The Kier molecular flexibility index (Phi) is 5.05. The van der Waals surface area contributed by atoms with Gasteiger partial charge in [0.15, 0.2) is 5.11 Å². The number of amides is 1. The Bertz CT molecular complexity index is 751. The van der Waals surface area contributed by atoms with Crippen molar-refractivity contribution in [3.05, 3.63) is 64.2 Å². The van der Waals surface area contributed by atoms with Crippen LogP contribution >= 0.6 is 12.2 Å². The molecule has 118 valence electrons. The van der Waals surface area contributed by atoms with Crippen molar-refractivity contribution in [2.45, 2.75) is 0 Å². The number of thiocarbonyl (C=S) groups is 1. The number of hydrogen-bond acceptors (Lipinski definition) is 5. The highest BCUT2D eigenvalue weighted by atomic mass is 32.1. The maximum absolute atomic E-state index is 12.1. The van der Waals surface area contributed by atoms with E-state index >= 15 is 0 Å². The van der Waals surface area contributed by atoms with E-state index < -0.39 is 10.8 Å². The molecule has 0 atom stereocenters. The van der Waals surface area contributed by atoms with E-state index in [0.29, 0.717) is 5.69 Å². The van der Waals surface area contributed by atoms with Gasteiger partial charge in [0, 0.05) is 17.8 Å². The predicted molar refractivity (Wildman–Crippen MR) is 90.2 cm³/mol. The van der Waals surface area contributed by atoms with Gasteiger partial charge in [0.25, 0.3) is 11.6 Å². The minimum Gasteiger partial charge on any atom is -0.375 e. The lowest BCUT2D eigenvalue weighted by molar-refractivity contribution is -0.384. The summed E-state index contributed by atoms with van der Waals surface area (Å²) in [5.41, 5.74) is 10.9. The molecule has 0 fully saturated rings. The second-order valence-corrected chi connectivity index (χ2v) is 4.86. The van der Waals surface area contributed by atoms with Crippen molar-refractivity contribution in [2.24, 2.45) is 5.73 Å². The van der Waals surface area contributed by atoms with Gasteiger partial charge in [-0.2, -0.15) is 0 Å². The summed E-state index contributed by atoms with van der Waals surface area (Å²) >= 11 is 4.60. The first-order valence-corrected chi connectivity index (χ1v) is 6.84. The van der Waals surface area contributed by atoms with Crippen LogP contribution in [0, 0.1) is 10.1 Å². The maximum atomic E-state index is 12.1. The van der Waals surface area contributed by atoms with Crippen molar-refractivity contribution in [1.29, 1.82) is 0 Å². The Morgan fingerprint density at radius 1 is 1.13 bits per heavy atom. The van der Waals surface area contributed by atoms with E-state index in [-0.39, 0.29) is 22.1 Å². The summed E-state index contributed by atoms with van der Waals surface area (Å²) in [6.07, 6.45) is 0. The molecule has 0 aliphatic heterocycles. The van der Waals surface area contributed by atoms with Gasteiger partial charge in [0.1, 0.15) is 0 Å². The van der Waals surface area contributed by atoms with E-state index in [1.165, 1.54) is 18.2 Å². The smallest absolute Gasteiger partial charge is 0.271 e. The van der Waals surface area contributed by atoms with Crippen LogP contribution in [0.25, 0.3) is 0 Å². The third kappa shape index (κ3) is 4.38. The van der Waals surface area contributed by atoms with Crippen LogP contribution in [0.15, 0.2) is 48.5 Å². The highest BCUT2D eigenvalue weighted by molar-refractivity contribution is 7.80. The summed E-state index contributed by atoms with van der Waals surface area (Å²) in [6, 6.07) is 12.8. The fraction of sp³-hybridized carbons (Fsp3) is 0. The van der Waals surface area contributed by atoms with Crippen LogP contribution in [0.5, 0.6) is 0 Å². The van der Waals surface area contributed by atoms with Crippen molar-refractivity contribution in [3.63, 3.8) is 0 Å². The fourth-order valence-corrected chi connectivity index (χ4v) is 1.86. The Labute approximate surface area is 136 Å². The number of rotatable bonds is 4. The maximum Gasteiger partial charge on any atom is 0.271 e. The second kappa shape index (κ2) is 7.18. The van der Waals surface area contributed by atoms with Gasteiger partial charge in [-0.05, 0) is 30.4 Å². The molecule has 0 radical (unpaired) electrons. The molecule has 0 aromatic heterocycles. The largest absolute Gasteiger partial charge is 0.375 e. The molecular weight excluding hydrogens is 318 g/mol. The average molecular weight is 331 g/mol. The third-order valence-electron chi connectivity index (χ3n) is 2.81. The van der Waals surface area contributed by atoms with Crippen molar-refractivity contribution < 1.29 is 9.72 Å². The Hall–Kier alpha value is -3.20. The molecule has 0 saturated heterocycles. The van der Waals surface area contributed by atoms with Crippen molar-refractivity contribution in [1.82, 2.24) is 10.9 Å². The van der Waals surface area contributed by atoms with Crippen molar-refractivity contribution in [2.75, 3.05) is 5.32 Å². The van der Waals surface area contributed by atoms with Crippen LogP contribution in [0.1, 0.15) is 10.4 Å². The van der Waals surface area contributed by atoms with Crippen LogP contribution in [-0.4, -0.2) is 15.9 Å². The topological polar surface area (TPSA) is 122 Å². The number of hydrazine groups is 1. The molecule has 1 amide bonds. The number of benzene rings is 2. The first-order chi connectivity index (χ1) is 11.0. The van der Waals surface area contributed by atoms with Crippen molar-refractivity contribution >= 4 is 40.3 Å². The third-order valence-corrected chi connectivity index (χ3v) is 2.91. The molecule has 0 aliphatic rings. The van der Waals surface area contributed by atoms with E-state index in [2.05, 4.69) is 28.4 Å². The predicted octanol–water partition coefficient (Wildman–Crippen LogP) is 1.82. The van der Waals surface area contributed by atoms with Gasteiger partial charge < -0.3 is 11.1 Å². The number of nitrogens with zero attached hydrogens (tertiary/aromatic N) is 1. The van der Waals surface area contributed by atoms with Crippen LogP contribution in [0.3, 0.4) is 0 Å². The number of nitrogens with one attached hydrogen (secondary N) is 3. The molecule has 0 spiro atoms. The molecule has 0 heterocycles. The lowest BCUT2D eigenvalue weighted by Gasteiger charge is -2.12. The number of nitro groups is 1. The standard InChI is InChI=1S/C14H13N5O3S/c15-14(23)18-17-13(20)11-7-6-10(19(21)22)8-12(11)16-9-4-2-1-3-5-9/h1-8,16H,(H,17,20)(H3,15,18,23). The molecule has 0 saturated carbocycles. The van der Waals surface area contributed by atoms with E-state index in [4.69, 9.17) is 5.73 Å². The summed E-state index contributed by atoms with van der Waals surface area (Å²) < 4.78 is 0. The number of carbonyl (C=O) groups is 1. The van der Waals surface area contributed by atoms with Gasteiger partial charge in [-0.3, -0.25) is 25.8 Å². The number of hydrogen-bond donors (Lipinski definition) is 4.